The highest BCUT2D eigenvalue weighted by molar-refractivity contribution is 7.71. The highest BCUT2D eigenvalue weighted by atomic mass is 32.1. The summed E-state index contributed by atoms with van der Waals surface area (Å²) in [7, 11) is 0. The Morgan fingerprint density at radius 2 is 2.12 bits per heavy atom. The van der Waals surface area contributed by atoms with Gasteiger partial charge in [0.1, 0.15) is 17.4 Å². The largest absolute Gasteiger partial charge is 0.463 e. The van der Waals surface area contributed by atoms with Gasteiger partial charge in [-0.25, -0.2) is 9.18 Å². The Labute approximate surface area is 141 Å². The molecule has 0 bridgehead atoms. The molecule has 2 rings (SSSR count). The average molecular weight is 360 g/mol. The predicted octanol–water partition coefficient (Wildman–Crippen LogP) is 1.03. The van der Waals surface area contributed by atoms with E-state index in [0.29, 0.717) is 0 Å². The van der Waals surface area contributed by atoms with Crippen molar-refractivity contribution in [3.05, 3.63) is 27.4 Å². The number of aromatic nitrogens is 2. The van der Waals surface area contributed by atoms with Gasteiger partial charge in [0.2, 0.25) is 0 Å². The van der Waals surface area contributed by atoms with Gasteiger partial charge in [-0.15, -0.1) is 0 Å². The van der Waals surface area contributed by atoms with Crippen LogP contribution in [0.2, 0.25) is 0 Å². The van der Waals surface area contributed by atoms with Crippen LogP contribution >= 0.6 is 12.2 Å². The lowest BCUT2D eigenvalue weighted by atomic mass is 9.98. The summed E-state index contributed by atoms with van der Waals surface area (Å²) in [6, 6.07) is 1.40. The first kappa shape index (κ1) is 18.3. The van der Waals surface area contributed by atoms with Crippen molar-refractivity contribution < 1.29 is 28.2 Å². The van der Waals surface area contributed by atoms with E-state index in [-0.39, 0.29) is 11.2 Å². The number of halogens is 1. The summed E-state index contributed by atoms with van der Waals surface area (Å²) in [5, 5.41) is 0. The number of hydrogen-bond donors (Lipinski definition) is 1. The second kappa shape index (κ2) is 6.81. The Balaban J connectivity index is 2.38. The maximum Gasteiger partial charge on any atom is 0.328 e. The maximum atomic E-state index is 15.3. The predicted molar refractivity (Wildman–Crippen MR) is 81.5 cm³/mol. The quantitative estimate of drug-likeness (QED) is 0.632. The van der Waals surface area contributed by atoms with Crippen LogP contribution in [0, 0.1) is 4.64 Å². The lowest BCUT2D eigenvalue weighted by molar-refractivity contribution is -0.158. The van der Waals surface area contributed by atoms with E-state index in [2.05, 4.69) is 4.98 Å². The fourth-order valence-electron chi connectivity index (χ4n) is 2.52. The molecule has 1 N–H and O–H groups in total. The van der Waals surface area contributed by atoms with E-state index >= 15 is 4.39 Å². The standard InChI is InChI=1S/C14H17FN2O6S/c1-7(18)21-6-9-11(22-8(2)19)14(3,15)12(23-9)17-5-4-10(24)16-13(17)20/h4-5,9,11-12H,6H2,1-3H3,(H,16,20,24)/t9-,11?,12-,14-/m1/s1. The summed E-state index contributed by atoms with van der Waals surface area (Å²) < 4.78 is 31.8. The molecule has 0 saturated carbocycles. The summed E-state index contributed by atoms with van der Waals surface area (Å²) in [5.74, 6) is -1.31. The van der Waals surface area contributed by atoms with Gasteiger partial charge in [-0.05, 0) is 13.0 Å². The van der Waals surface area contributed by atoms with Gasteiger partial charge in [0, 0.05) is 20.0 Å². The number of alkyl halides is 1. The molecular weight excluding hydrogens is 343 g/mol. The van der Waals surface area contributed by atoms with Gasteiger partial charge < -0.3 is 14.2 Å². The van der Waals surface area contributed by atoms with Crippen molar-refractivity contribution in [1.29, 1.82) is 0 Å². The normalized spacial score (nSPS) is 29.2. The highest BCUT2D eigenvalue weighted by Crippen LogP contribution is 2.42. The zero-order valence-electron chi connectivity index (χ0n) is 13.3. The minimum Gasteiger partial charge on any atom is -0.463 e. The number of nitrogens with one attached hydrogen (secondary N) is 1. The Morgan fingerprint density at radius 3 is 2.67 bits per heavy atom. The molecule has 0 amide bonds. The van der Waals surface area contributed by atoms with Crippen LogP contribution < -0.4 is 5.69 Å². The van der Waals surface area contributed by atoms with E-state index in [4.69, 9.17) is 26.4 Å². The van der Waals surface area contributed by atoms with Crippen LogP contribution in [-0.2, 0) is 23.8 Å². The Hall–Kier alpha value is -2.07. The number of carbonyl (C=O) groups is 2. The third kappa shape index (κ3) is 3.70. The SMILES string of the molecule is CC(=O)OC[C@H]1O[C@@H](n2ccc(=S)[nH]c2=O)[C@](C)(F)C1OC(C)=O. The molecule has 2 heterocycles. The molecule has 1 aromatic heterocycles. The number of rotatable bonds is 4. The van der Waals surface area contributed by atoms with Crippen LogP contribution in [0.5, 0.6) is 0 Å². The lowest BCUT2D eigenvalue weighted by Crippen LogP contribution is -2.45. The van der Waals surface area contributed by atoms with Gasteiger partial charge in [-0.2, -0.15) is 0 Å². The third-order valence-electron chi connectivity index (χ3n) is 3.53. The molecule has 1 saturated heterocycles. The number of aromatic amines is 1. The Kier molecular flexibility index (Phi) is 5.19. The van der Waals surface area contributed by atoms with E-state index in [0.717, 1.165) is 18.4 Å². The van der Waals surface area contributed by atoms with E-state index in [9.17, 15) is 14.4 Å². The molecule has 0 aliphatic carbocycles. The molecule has 1 aliphatic heterocycles. The fourth-order valence-corrected chi connectivity index (χ4v) is 2.67. The first-order valence-corrected chi connectivity index (χ1v) is 7.50. The average Bonchev–Trinajstić information content (AvgIpc) is 2.68. The smallest absolute Gasteiger partial charge is 0.328 e. The van der Waals surface area contributed by atoms with Gasteiger partial charge in [-0.1, -0.05) is 12.2 Å². The zero-order chi connectivity index (χ0) is 18.1. The molecule has 1 aromatic rings. The molecule has 1 aliphatic rings. The van der Waals surface area contributed by atoms with E-state index < -0.39 is 41.7 Å². The topological polar surface area (TPSA) is 99.6 Å². The van der Waals surface area contributed by atoms with Crippen LogP contribution in [0.4, 0.5) is 4.39 Å². The first-order chi connectivity index (χ1) is 11.1. The van der Waals surface area contributed by atoms with E-state index in [1.54, 1.807) is 0 Å². The summed E-state index contributed by atoms with van der Waals surface area (Å²) in [6.45, 7) is 3.13. The van der Waals surface area contributed by atoms with Gasteiger partial charge >= 0.3 is 17.6 Å². The molecule has 1 unspecified atom stereocenters. The van der Waals surface area contributed by atoms with E-state index in [1.165, 1.54) is 19.2 Å². The van der Waals surface area contributed by atoms with Crippen molar-refractivity contribution in [2.45, 2.75) is 44.9 Å². The fraction of sp³-hybridized carbons (Fsp3) is 0.571. The van der Waals surface area contributed by atoms with Crippen molar-refractivity contribution in [1.82, 2.24) is 9.55 Å². The molecule has 10 heteroatoms. The minimum atomic E-state index is -2.24. The van der Waals surface area contributed by atoms with Gasteiger partial charge in [-0.3, -0.25) is 19.1 Å². The molecule has 8 nitrogen and oxygen atoms in total. The summed E-state index contributed by atoms with van der Waals surface area (Å²) in [6.07, 6.45) is -2.52. The number of esters is 2. The molecule has 24 heavy (non-hydrogen) atoms. The molecule has 132 valence electrons. The molecule has 0 spiro atoms. The minimum absolute atomic E-state index is 0.183. The van der Waals surface area contributed by atoms with Crippen molar-refractivity contribution in [3.63, 3.8) is 0 Å². The summed E-state index contributed by atoms with van der Waals surface area (Å²) in [5.41, 5.74) is -2.91. The van der Waals surface area contributed by atoms with Crippen molar-refractivity contribution in [2.75, 3.05) is 6.61 Å². The summed E-state index contributed by atoms with van der Waals surface area (Å²) >= 11 is 4.83. The van der Waals surface area contributed by atoms with Gasteiger partial charge in [0.25, 0.3) is 0 Å². The third-order valence-corrected chi connectivity index (χ3v) is 3.77. The highest BCUT2D eigenvalue weighted by Gasteiger charge is 2.58. The second-order valence-electron chi connectivity index (χ2n) is 5.53. The Bertz CT molecular complexity index is 758. The van der Waals surface area contributed by atoms with Crippen LogP contribution in [0.15, 0.2) is 17.1 Å². The zero-order valence-corrected chi connectivity index (χ0v) is 14.1. The molecule has 1 fully saturated rings. The molecule has 0 radical (unpaired) electrons. The van der Waals surface area contributed by atoms with Crippen LogP contribution in [-0.4, -0.2) is 46.0 Å². The van der Waals surface area contributed by atoms with Crippen molar-refractivity contribution in [2.24, 2.45) is 0 Å². The molecule has 4 atom stereocenters. The second-order valence-corrected chi connectivity index (χ2v) is 5.97. The van der Waals surface area contributed by atoms with Crippen LogP contribution in [0.25, 0.3) is 0 Å². The lowest BCUT2D eigenvalue weighted by Gasteiger charge is -2.27. The van der Waals surface area contributed by atoms with Crippen LogP contribution in [0.3, 0.4) is 0 Å². The molecule has 0 aromatic carbocycles. The number of ether oxygens (including phenoxy) is 3. The molecular formula is C14H17FN2O6S. The number of H-pyrrole nitrogens is 1. The van der Waals surface area contributed by atoms with Crippen LogP contribution in [0.1, 0.15) is 27.0 Å². The number of hydrogen-bond acceptors (Lipinski definition) is 7. The monoisotopic (exact) mass is 360 g/mol. The Morgan fingerprint density at radius 1 is 1.46 bits per heavy atom. The van der Waals surface area contributed by atoms with Crippen molar-refractivity contribution in [3.8, 4) is 0 Å². The van der Waals surface area contributed by atoms with Gasteiger partial charge in [0.05, 0.1) is 0 Å². The van der Waals surface area contributed by atoms with Gasteiger partial charge in [0.15, 0.2) is 18.0 Å². The maximum absolute atomic E-state index is 15.3. The number of nitrogens with zero attached hydrogens (tertiary/aromatic N) is 1. The van der Waals surface area contributed by atoms with E-state index in [1.807, 2.05) is 0 Å². The summed E-state index contributed by atoms with van der Waals surface area (Å²) in [4.78, 5) is 36.6. The first-order valence-electron chi connectivity index (χ1n) is 7.09. The number of carbonyl (C=O) groups excluding carboxylic acids is 2. The van der Waals surface area contributed by atoms with Crippen molar-refractivity contribution >= 4 is 24.2 Å².